The third kappa shape index (κ3) is 2.73. The van der Waals surface area contributed by atoms with E-state index in [4.69, 9.17) is 0 Å². The summed E-state index contributed by atoms with van der Waals surface area (Å²) in [6, 6.07) is 0.842. The van der Waals surface area contributed by atoms with Crippen LogP contribution < -0.4 is 0 Å². The van der Waals surface area contributed by atoms with E-state index in [1.807, 2.05) is 5.57 Å². The van der Waals surface area contributed by atoms with Crippen LogP contribution in [0.1, 0.15) is 51.9 Å². The minimum atomic E-state index is 0.842. The van der Waals surface area contributed by atoms with Gasteiger partial charge in [0.05, 0.1) is 0 Å². The summed E-state index contributed by atoms with van der Waals surface area (Å²) in [5, 5.41) is 0.891. The van der Waals surface area contributed by atoms with Crippen LogP contribution >= 0.6 is 11.9 Å². The Kier molecular flexibility index (Phi) is 4.23. The Bertz CT molecular complexity index is 447. The second-order valence-corrected chi connectivity index (χ2v) is 9.84. The van der Waals surface area contributed by atoms with Crippen LogP contribution in [0.4, 0.5) is 0 Å². The van der Waals surface area contributed by atoms with Gasteiger partial charge >= 0.3 is 0 Å². The minimum Gasteiger partial charge on any atom is -0.319 e. The lowest BCUT2D eigenvalue weighted by molar-refractivity contribution is 0.222. The molecule has 0 amide bonds. The molecule has 0 radical (unpaired) electrons. The zero-order valence-electron chi connectivity index (χ0n) is 14.5. The van der Waals surface area contributed by atoms with E-state index in [1.54, 1.807) is 0 Å². The smallest absolute Gasteiger partial charge is 0.0468 e. The maximum Gasteiger partial charge on any atom is 0.0468 e. The van der Waals surface area contributed by atoms with Crippen LogP contribution in [0.3, 0.4) is 0 Å². The van der Waals surface area contributed by atoms with E-state index in [-0.39, 0.29) is 0 Å². The van der Waals surface area contributed by atoms with Gasteiger partial charge in [-0.05, 0) is 101 Å². The average Bonchev–Trinajstić information content (AvgIpc) is 2.78. The lowest BCUT2D eigenvalue weighted by Gasteiger charge is -2.40. The Balaban J connectivity index is 1.44. The molecule has 2 heterocycles. The van der Waals surface area contributed by atoms with Crippen LogP contribution in [-0.2, 0) is 0 Å². The van der Waals surface area contributed by atoms with Crippen LogP contribution in [0.2, 0.25) is 0 Å². The molecule has 0 saturated heterocycles. The molecule has 2 saturated carbocycles. The minimum absolute atomic E-state index is 0.842. The molecule has 22 heavy (non-hydrogen) atoms. The third-order valence-corrected chi connectivity index (χ3v) is 8.09. The Morgan fingerprint density at radius 1 is 1.14 bits per heavy atom. The molecule has 2 bridgehead atoms. The lowest BCUT2D eigenvalue weighted by atomic mass is 9.70. The van der Waals surface area contributed by atoms with E-state index >= 15 is 0 Å². The van der Waals surface area contributed by atoms with Crippen molar-refractivity contribution in [3.8, 4) is 0 Å². The molecular formula is C19H32N2S. The Hall–Kier alpha value is -0.150. The topological polar surface area (TPSA) is 6.48 Å². The van der Waals surface area contributed by atoms with E-state index in [2.05, 4.69) is 48.4 Å². The van der Waals surface area contributed by atoms with E-state index in [0.717, 1.165) is 35.0 Å². The molecule has 2 aliphatic heterocycles. The van der Waals surface area contributed by atoms with Gasteiger partial charge in [0, 0.05) is 23.4 Å². The summed E-state index contributed by atoms with van der Waals surface area (Å²) < 4.78 is 2.70. The second kappa shape index (κ2) is 6.05. The monoisotopic (exact) mass is 320 g/mol. The average molecular weight is 321 g/mol. The van der Waals surface area contributed by atoms with Crippen LogP contribution in [0.25, 0.3) is 0 Å². The highest BCUT2D eigenvalue weighted by molar-refractivity contribution is 7.97. The van der Waals surface area contributed by atoms with Crippen molar-refractivity contribution in [2.75, 3.05) is 20.6 Å². The summed E-state index contributed by atoms with van der Waals surface area (Å²) in [7, 11) is 4.42. The van der Waals surface area contributed by atoms with Crippen molar-refractivity contribution in [1.29, 1.82) is 0 Å². The normalized spacial score (nSPS) is 43.8. The SMILES string of the molecule is CC1CCC2C3=CN(SC4CC(CCN(C)C)CCC34)C2C1. The van der Waals surface area contributed by atoms with Gasteiger partial charge in [-0.25, -0.2) is 0 Å². The molecule has 2 aliphatic carbocycles. The first kappa shape index (κ1) is 15.4. The maximum absolute atomic E-state index is 2.70. The molecule has 6 unspecified atom stereocenters. The van der Waals surface area contributed by atoms with Crippen molar-refractivity contribution < 1.29 is 0 Å². The molecule has 3 heteroatoms. The Morgan fingerprint density at radius 3 is 2.77 bits per heavy atom. The first-order valence-electron chi connectivity index (χ1n) is 9.43. The zero-order valence-corrected chi connectivity index (χ0v) is 15.3. The van der Waals surface area contributed by atoms with Gasteiger partial charge in [0.2, 0.25) is 0 Å². The predicted molar refractivity (Wildman–Crippen MR) is 95.6 cm³/mol. The summed E-state index contributed by atoms with van der Waals surface area (Å²) in [5.74, 6) is 3.73. The molecule has 0 N–H and O–H groups in total. The van der Waals surface area contributed by atoms with Crippen molar-refractivity contribution >= 4 is 11.9 Å². The van der Waals surface area contributed by atoms with Gasteiger partial charge in [0.25, 0.3) is 0 Å². The molecule has 0 aromatic carbocycles. The van der Waals surface area contributed by atoms with Crippen LogP contribution in [0.15, 0.2) is 11.8 Å². The van der Waals surface area contributed by atoms with E-state index < -0.39 is 0 Å². The van der Waals surface area contributed by atoms with Crippen molar-refractivity contribution in [3.63, 3.8) is 0 Å². The first-order chi connectivity index (χ1) is 10.6. The van der Waals surface area contributed by atoms with Gasteiger partial charge in [-0.15, -0.1) is 0 Å². The molecule has 4 rings (SSSR count). The fraction of sp³-hybridized carbons (Fsp3) is 0.895. The van der Waals surface area contributed by atoms with Gasteiger partial charge in [0.1, 0.15) is 0 Å². The van der Waals surface area contributed by atoms with Crippen LogP contribution in [0.5, 0.6) is 0 Å². The summed E-state index contributed by atoms with van der Waals surface area (Å²) in [5.41, 5.74) is 1.87. The van der Waals surface area contributed by atoms with E-state index in [0.29, 0.717) is 0 Å². The number of fused-ring (bicyclic) bond motifs is 6. The standard InChI is InChI=1S/C19H32N2S/c1-13-4-6-15-17-12-21(18(15)10-13)22-19-11-14(5-7-16(17)19)8-9-20(2)3/h12-16,18-19H,4-11H2,1-3H3. The molecule has 124 valence electrons. The highest BCUT2D eigenvalue weighted by Crippen LogP contribution is 2.56. The summed E-state index contributed by atoms with van der Waals surface area (Å²) >= 11 is 2.23. The van der Waals surface area contributed by atoms with Gasteiger partial charge in [-0.3, -0.25) is 0 Å². The van der Waals surface area contributed by atoms with Gasteiger partial charge in [-0.1, -0.05) is 6.92 Å². The summed E-state index contributed by atoms with van der Waals surface area (Å²) in [6.45, 7) is 3.72. The molecule has 0 aromatic rings. The van der Waals surface area contributed by atoms with Gasteiger partial charge < -0.3 is 9.21 Å². The predicted octanol–water partition coefficient (Wildman–Crippen LogP) is 4.39. The van der Waals surface area contributed by atoms with E-state index in [9.17, 15) is 0 Å². The fourth-order valence-corrected chi connectivity index (χ4v) is 7.09. The number of rotatable bonds is 3. The van der Waals surface area contributed by atoms with Crippen molar-refractivity contribution in [1.82, 2.24) is 9.21 Å². The highest BCUT2D eigenvalue weighted by atomic mass is 32.2. The number of nitrogens with zero attached hydrogens (tertiary/aromatic N) is 2. The van der Waals surface area contributed by atoms with E-state index in [1.165, 1.54) is 51.5 Å². The van der Waals surface area contributed by atoms with Crippen molar-refractivity contribution in [2.24, 2.45) is 23.7 Å². The largest absolute Gasteiger partial charge is 0.319 e. The molecule has 0 spiro atoms. The number of hydrogen-bond donors (Lipinski definition) is 0. The zero-order chi connectivity index (χ0) is 15.3. The second-order valence-electron chi connectivity index (χ2n) is 8.60. The Labute approximate surface area is 140 Å². The highest BCUT2D eigenvalue weighted by Gasteiger charge is 2.49. The fourth-order valence-electron chi connectivity index (χ4n) is 5.41. The molecule has 0 aromatic heterocycles. The summed E-state index contributed by atoms with van der Waals surface area (Å²) in [4.78, 5) is 2.35. The van der Waals surface area contributed by atoms with Crippen LogP contribution in [0, 0.1) is 23.7 Å². The molecule has 2 nitrogen and oxygen atoms in total. The molecule has 2 fully saturated rings. The quantitative estimate of drug-likeness (QED) is 0.712. The summed E-state index contributed by atoms with van der Waals surface area (Å²) in [6.07, 6.45) is 12.7. The van der Waals surface area contributed by atoms with Crippen LogP contribution in [-0.4, -0.2) is 41.1 Å². The maximum atomic E-state index is 2.70. The lowest BCUT2D eigenvalue weighted by Crippen LogP contribution is -2.33. The van der Waals surface area contributed by atoms with Crippen molar-refractivity contribution in [3.05, 3.63) is 11.8 Å². The number of hydrogen-bond acceptors (Lipinski definition) is 3. The first-order valence-corrected chi connectivity index (χ1v) is 10.3. The van der Waals surface area contributed by atoms with Gasteiger partial charge in [0.15, 0.2) is 0 Å². The van der Waals surface area contributed by atoms with Gasteiger partial charge in [-0.2, -0.15) is 0 Å². The Morgan fingerprint density at radius 2 is 1.95 bits per heavy atom. The molecule has 4 aliphatic rings. The molecular weight excluding hydrogens is 288 g/mol. The third-order valence-electron chi connectivity index (χ3n) is 6.68. The van der Waals surface area contributed by atoms with Crippen molar-refractivity contribution in [2.45, 2.75) is 63.2 Å². The molecule has 6 atom stereocenters.